The zero-order chi connectivity index (χ0) is 8.53. The molecule has 1 N–H and O–H groups in total. The van der Waals surface area contributed by atoms with E-state index in [1.807, 2.05) is 6.92 Å². The van der Waals surface area contributed by atoms with Crippen LogP contribution in [-0.4, -0.2) is 12.5 Å². The highest BCUT2D eigenvalue weighted by Gasteiger charge is 1.96. The van der Waals surface area contributed by atoms with E-state index in [1.54, 1.807) is 0 Å². The molecular formula is C9H15NO. The van der Waals surface area contributed by atoms with Gasteiger partial charge in [-0.15, -0.1) is 12.3 Å². The summed E-state index contributed by atoms with van der Waals surface area (Å²) < 4.78 is 0. The summed E-state index contributed by atoms with van der Waals surface area (Å²) in [6.45, 7) is 2.63. The minimum Gasteiger partial charge on any atom is -0.356 e. The zero-order valence-corrected chi connectivity index (χ0v) is 7.02. The number of nitrogens with one attached hydrogen (secondary N) is 1. The molecule has 0 aromatic heterocycles. The van der Waals surface area contributed by atoms with Crippen molar-refractivity contribution in [2.75, 3.05) is 6.54 Å². The van der Waals surface area contributed by atoms with Crippen LogP contribution >= 0.6 is 0 Å². The first-order chi connectivity index (χ1) is 5.31. The van der Waals surface area contributed by atoms with E-state index in [1.165, 1.54) is 0 Å². The number of amides is 1. The van der Waals surface area contributed by atoms with E-state index < -0.39 is 0 Å². The van der Waals surface area contributed by atoms with E-state index in [2.05, 4.69) is 11.2 Å². The van der Waals surface area contributed by atoms with Gasteiger partial charge in [-0.1, -0.05) is 0 Å². The summed E-state index contributed by atoms with van der Waals surface area (Å²) in [6.07, 6.45) is 8.29. The molecule has 0 fully saturated rings. The predicted molar refractivity (Wildman–Crippen MR) is 46.0 cm³/mol. The normalized spacial score (nSPS) is 8.73. The Morgan fingerprint density at radius 1 is 1.55 bits per heavy atom. The van der Waals surface area contributed by atoms with Crippen LogP contribution in [-0.2, 0) is 4.79 Å². The Morgan fingerprint density at radius 2 is 2.27 bits per heavy atom. The number of hydrogen-bond donors (Lipinski definition) is 1. The maximum absolute atomic E-state index is 10.8. The number of rotatable bonds is 5. The van der Waals surface area contributed by atoms with Crippen molar-refractivity contribution >= 4 is 5.91 Å². The molecule has 0 heterocycles. The van der Waals surface area contributed by atoms with Crippen LogP contribution in [0.2, 0.25) is 0 Å². The summed E-state index contributed by atoms with van der Waals surface area (Å²) in [7, 11) is 0. The number of carbonyl (C=O) groups excluding carboxylic acids is 1. The molecule has 2 heteroatoms. The van der Waals surface area contributed by atoms with Crippen molar-refractivity contribution < 1.29 is 4.79 Å². The summed E-state index contributed by atoms with van der Waals surface area (Å²) in [5.41, 5.74) is 0. The third kappa shape index (κ3) is 6.92. The van der Waals surface area contributed by atoms with Gasteiger partial charge in [-0.25, -0.2) is 0 Å². The first-order valence-corrected chi connectivity index (χ1v) is 4.01. The number of carbonyl (C=O) groups is 1. The lowest BCUT2D eigenvalue weighted by molar-refractivity contribution is -0.121. The van der Waals surface area contributed by atoms with Crippen LogP contribution in [0, 0.1) is 12.3 Å². The third-order valence-corrected chi connectivity index (χ3v) is 1.35. The van der Waals surface area contributed by atoms with E-state index in [0.29, 0.717) is 13.0 Å². The van der Waals surface area contributed by atoms with Crippen LogP contribution in [0.3, 0.4) is 0 Å². The Morgan fingerprint density at radius 3 is 2.82 bits per heavy atom. The highest BCUT2D eigenvalue weighted by Crippen LogP contribution is 1.97. The van der Waals surface area contributed by atoms with Crippen molar-refractivity contribution in [2.24, 2.45) is 0 Å². The SMILES string of the molecule is C#CCCCCC(=O)NCC. The van der Waals surface area contributed by atoms with Crippen molar-refractivity contribution in [2.45, 2.75) is 32.6 Å². The lowest BCUT2D eigenvalue weighted by Gasteiger charge is -1.99. The second-order valence-electron chi connectivity index (χ2n) is 2.36. The van der Waals surface area contributed by atoms with Gasteiger partial charge in [-0.05, 0) is 19.8 Å². The monoisotopic (exact) mass is 153 g/mol. The first kappa shape index (κ1) is 10.0. The van der Waals surface area contributed by atoms with E-state index in [9.17, 15) is 4.79 Å². The van der Waals surface area contributed by atoms with Gasteiger partial charge in [0, 0.05) is 19.4 Å². The molecule has 0 spiro atoms. The maximum atomic E-state index is 10.8. The second-order valence-corrected chi connectivity index (χ2v) is 2.36. The van der Waals surface area contributed by atoms with Gasteiger partial charge in [0.25, 0.3) is 0 Å². The fourth-order valence-electron chi connectivity index (χ4n) is 0.798. The topological polar surface area (TPSA) is 29.1 Å². The Labute approximate surface area is 68.4 Å². The fourth-order valence-corrected chi connectivity index (χ4v) is 0.798. The van der Waals surface area contributed by atoms with Gasteiger partial charge in [0.1, 0.15) is 0 Å². The molecule has 0 aliphatic rings. The van der Waals surface area contributed by atoms with E-state index in [0.717, 1.165) is 19.3 Å². The predicted octanol–water partition coefficient (Wildman–Crippen LogP) is 1.32. The smallest absolute Gasteiger partial charge is 0.219 e. The number of unbranched alkanes of at least 4 members (excludes halogenated alkanes) is 2. The molecule has 0 saturated carbocycles. The summed E-state index contributed by atoms with van der Waals surface area (Å²) in [5.74, 6) is 2.67. The zero-order valence-electron chi connectivity index (χ0n) is 7.02. The van der Waals surface area contributed by atoms with Crippen molar-refractivity contribution in [1.29, 1.82) is 0 Å². The summed E-state index contributed by atoms with van der Waals surface area (Å²) in [4.78, 5) is 10.8. The molecule has 0 aliphatic carbocycles. The maximum Gasteiger partial charge on any atom is 0.219 e. The standard InChI is InChI=1S/C9H15NO/c1-3-5-6-7-8-9(11)10-4-2/h1H,4-8H2,2H3,(H,10,11). The number of hydrogen-bond acceptors (Lipinski definition) is 1. The fraction of sp³-hybridized carbons (Fsp3) is 0.667. The summed E-state index contributed by atoms with van der Waals surface area (Å²) in [6, 6.07) is 0. The molecule has 0 unspecified atom stereocenters. The van der Waals surface area contributed by atoms with Gasteiger partial charge in [0.15, 0.2) is 0 Å². The van der Waals surface area contributed by atoms with Crippen LogP contribution < -0.4 is 5.32 Å². The van der Waals surface area contributed by atoms with Crippen LogP contribution in [0.5, 0.6) is 0 Å². The lowest BCUT2D eigenvalue weighted by atomic mass is 10.2. The molecule has 0 atom stereocenters. The molecule has 62 valence electrons. The van der Waals surface area contributed by atoms with Crippen LogP contribution in [0.15, 0.2) is 0 Å². The van der Waals surface area contributed by atoms with Gasteiger partial charge in [0.05, 0.1) is 0 Å². The summed E-state index contributed by atoms with van der Waals surface area (Å²) >= 11 is 0. The largest absolute Gasteiger partial charge is 0.356 e. The van der Waals surface area contributed by atoms with Crippen molar-refractivity contribution in [3.05, 3.63) is 0 Å². The van der Waals surface area contributed by atoms with Crippen molar-refractivity contribution in [1.82, 2.24) is 5.32 Å². The number of terminal acetylenes is 1. The van der Waals surface area contributed by atoms with E-state index in [4.69, 9.17) is 6.42 Å². The van der Waals surface area contributed by atoms with E-state index in [-0.39, 0.29) is 5.91 Å². The molecule has 0 bridgehead atoms. The van der Waals surface area contributed by atoms with Gasteiger partial charge in [-0.3, -0.25) is 4.79 Å². The van der Waals surface area contributed by atoms with Crippen molar-refractivity contribution in [3.63, 3.8) is 0 Å². The molecule has 1 amide bonds. The Bertz CT molecular complexity index is 146. The minimum absolute atomic E-state index is 0.129. The molecule has 2 nitrogen and oxygen atoms in total. The molecule has 0 aromatic carbocycles. The molecule has 0 aromatic rings. The second kappa shape index (κ2) is 7.14. The van der Waals surface area contributed by atoms with Crippen LogP contribution in [0.25, 0.3) is 0 Å². The average molecular weight is 153 g/mol. The summed E-state index contributed by atoms with van der Waals surface area (Å²) in [5, 5.41) is 2.73. The first-order valence-electron chi connectivity index (χ1n) is 4.01. The van der Waals surface area contributed by atoms with Gasteiger partial charge in [0.2, 0.25) is 5.91 Å². The molecular weight excluding hydrogens is 138 g/mol. The van der Waals surface area contributed by atoms with Gasteiger partial charge in [-0.2, -0.15) is 0 Å². The Hall–Kier alpha value is -0.970. The highest BCUT2D eigenvalue weighted by atomic mass is 16.1. The van der Waals surface area contributed by atoms with Gasteiger partial charge >= 0.3 is 0 Å². The Kier molecular flexibility index (Phi) is 6.51. The molecule has 0 aliphatic heterocycles. The minimum atomic E-state index is 0.129. The quantitative estimate of drug-likeness (QED) is 0.468. The highest BCUT2D eigenvalue weighted by molar-refractivity contribution is 5.75. The average Bonchev–Trinajstić information content (AvgIpc) is 1.99. The Balaban J connectivity index is 3.12. The van der Waals surface area contributed by atoms with Crippen LogP contribution in [0.1, 0.15) is 32.6 Å². The third-order valence-electron chi connectivity index (χ3n) is 1.35. The lowest BCUT2D eigenvalue weighted by Crippen LogP contribution is -2.21. The molecule has 0 radical (unpaired) electrons. The van der Waals surface area contributed by atoms with E-state index >= 15 is 0 Å². The molecule has 0 rings (SSSR count). The van der Waals surface area contributed by atoms with Gasteiger partial charge < -0.3 is 5.32 Å². The van der Waals surface area contributed by atoms with Crippen LogP contribution in [0.4, 0.5) is 0 Å². The molecule has 0 saturated heterocycles. The van der Waals surface area contributed by atoms with Crippen molar-refractivity contribution in [3.8, 4) is 12.3 Å². The molecule has 11 heavy (non-hydrogen) atoms.